The smallest absolute Gasteiger partial charge is 0.254 e. The predicted octanol–water partition coefficient (Wildman–Crippen LogP) is 2.41. The number of carbonyl (C=O) groups is 2. The lowest BCUT2D eigenvalue weighted by molar-refractivity contribution is -0.117. The van der Waals surface area contributed by atoms with Gasteiger partial charge in [0, 0.05) is 29.8 Å². The third kappa shape index (κ3) is 3.91. The first-order valence-electron chi connectivity index (χ1n) is 8.44. The number of rotatable bonds is 5. The molecule has 2 amide bonds. The molecule has 0 radical (unpaired) electrons. The quantitative estimate of drug-likeness (QED) is 0.876. The van der Waals surface area contributed by atoms with E-state index in [1.807, 2.05) is 11.0 Å². The summed E-state index contributed by atoms with van der Waals surface area (Å²) >= 11 is 0. The van der Waals surface area contributed by atoms with Gasteiger partial charge in [0.15, 0.2) is 0 Å². The second-order valence-corrected chi connectivity index (χ2v) is 6.72. The predicted molar refractivity (Wildman–Crippen MR) is 88.2 cm³/mol. The average molecular weight is 316 g/mol. The molecule has 1 saturated carbocycles. The minimum atomic E-state index is -0.405. The van der Waals surface area contributed by atoms with Crippen LogP contribution in [0.5, 0.6) is 0 Å². The largest absolute Gasteiger partial charge is 0.393 e. The van der Waals surface area contributed by atoms with Crippen LogP contribution in [-0.4, -0.2) is 40.5 Å². The van der Waals surface area contributed by atoms with Crippen molar-refractivity contribution < 1.29 is 14.7 Å². The van der Waals surface area contributed by atoms with Crippen LogP contribution in [0.4, 0.5) is 5.69 Å². The van der Waals surface area contributed by atoms with Crippen LogP contribution in [-0.2, 0) is 4.79 Å². The Morgan fingerprint density at radius 2 is 2.13 bits per heavy atom. The van der Waals surface area contributed by atoms with E-state index < -0.39 is 6.10 Å². The molecule has 23 heavy (non-hydrogen) atoms. The van der Waals surface area contributed by atoms with Crippen molar-refractivity contribution in [2.75, 3.05) is 11.9 Å². The molecule has 1 aliphatic heterocycles. The highest BCUT2D eigenvalue weighted by atomic mass is 16.3. The van der Waals surface area contributed by atoms with Crippen LogP contribution in [0, 0.1) is 5.92 Å². The van der Waals surface area contributed by atoms with Gasteiger partial charge in [0.05, 0.1) is 6.10 Å². The molecular weight excluding hydrogens is 292 g/mol. The van der Waals surface area contributed by atoms with Crippen molar-refractivity contribution in [3.63, 3.8) is 0 Å². The van der Waals surface area contributed by atoms with Crippen molar-refractivity contribution in [3.05, 3.63) is 29.8 Å². The van der Waals surface area contributed by atoms with Crippen LogP contribution < -0.4 is 5.32 Å². The highest BCUT2D eigenvalue weighted by Gasteiger charge is 2.31. The fourth-order valence-corrected chi connectivity index (χ4v) is 3.23. The number of hydrogen-bond donors (Lipinski definition) is 2. The third-order valence-electron chi connectivity index (χ3n) is 4.58. The first-order valence-corrected chi connectivity index (χ1v) is 8.44. The molecule has 0 aromatic heterocycles. The van der Waals surface area contributed by atoms with Crippen LogP contribution in [0.2, 0.25) is 0 Å². The molecule has 5 nitrogen and oxygen atoms in total. The normalized spacial score (nSPS) is 22.0. The van der Waals surface area contributed by atoms with Gasteiger partial charge >= 0.3 is 0 Å². The molecule has 1 aromatic carbocycles. The molecule has 0 bridgehead atoms. The highest BCUT2D eigenvalue weighted by Crippen LogP contribution is 2.30. The van der Waals surface area contributed by atoms with E-state index in [1.54, 1.807) is 25.1 Å². The van der Waals surface area contributed by atoms with Gasteiger partial charge in [0.25, 0.3) is 5.91 Å². The maximum absolute atomic E-state index is 12.8. The van der Waals surface area contributed by atoms with Gasteiger partial charge in [-0.05, 0) is 57.2 Å². The van der Waals surface area contributed by atoms with Gasteiger partial charge in [-0.2, -0.15) is 0 Å². The van der Waals surface area contributed by atoms with Crippen LogP contribution in [0.3, 0.4) is 0 Å². The van der Waals surface area contributed by atoms with Crippen molar-refractivity contribution in [2.45, 2.75) is 51.2 Å². The summed E-state index contributed by atoms with van der Waals surface area (Å²) in [6, 6.07) is 7.25. The lowest BCUT2D eigenvalue weighted by Gasteiger charge is -2.26. The SMILES string of the molecule is CC(O)CC1CCCN1C(=O)c1cccc(NC(=O)C2CC2)c1. The van der Waals surface area contributed by atoms with E-state index in [4.69, 9.17) is 0 Å². The molecule has 124 valence electrons. The number of carbonyl (C=O) groups excluding carboxylic acids is 2. The summed E-state index contributed by atoms with van der Waals surface area (Å²) in [6.07, 6.45) is 4.04. The van der Waals surface area contributed by atoms with E-state index in [2.05, 4.69) is 5.32 Å². The number of hydrogen-bond acceptors (Lipinski definition) is 3. The first-order chi connectivity index (χ1) is 11.0. The molecule has 2 aliphatic rings. The summed E-state index contributed by atoms with van der Waals surface area (Å²) in [5, 5.41) is 12.5. The zero-order valence-electron chi connectivity index (χ0n) is 13.5. The topological polar surface area (TPSA) is 69.6 Å². The molecule has 5 heteroatoms. The molecular formula is C18H24N2O3. The van der Waals surface area contributed by atoms with Crippen LogP contribution in [0.15, 0.2) is 24.3 Å². The monoisotopic (exact) mass is 316 g/mol. The van der Waals surface area contributed by atoms with Crippen molar-refractivity contribution in [3.8, 4) is 0 Å². The van der Waals surface area contributed by atoms with Crippen molar-refractivity contribution in [1.29, 1.82) is 0 Å². The van der Waals surface area contributed by atoms with Crippen molar-refractivity contribution in [2.24, 2.45) is 5.92 Å². The lowest BCUT2D eigenvalue weighted by atomic mass is 10.1. The lowest BCUT2D eigenvalue weighted by Crippen LogP contribution is -2.37. The molecule has 3 rings (SSSR count). The number of nitrogens with one attached hydrogen (secondary N) is 1. The van der Waals surface area contributed by atoms with Crippen molar-refractivity contribution >= 4 is 17.5 Å². The summed E-state index contributed by atoms with van der Waals surface area (Å²) in [4.78, 5) is 26.5. The highest BCUT2D eigenvalue weighted by molar-refractivity contribution is 5.98. The summed E-state index contributed by atoms with van der Waals surface area (Å²) in [7, 11) is 0. The van der Waals surface area contributed by atoms with E-state index in [-0.39, 0.29) is 23.8 Å². The Morgan fingerprint density at radius 3 is 2.83 bits per heavy atom. The average Bonchev–Trinajstić information content (AvgIpc) is 3.27. The first kappa shape index (κ1) is 16.0. The van der Waals surface area contributed by atoms with Gasteiger partial charge < -0.3 is 15.3 Å². The number of aliphatic hydroxyl groups is 1. The number of aliphatic hydroxyl groups excluding tert-OH is 1. The van der Waals surface area contributed by atoms with Crippen molar-refractivity contribution in [1.82, 2.24) is 4.90 Å². The van der Waals surface area contributed by atoms with E-state index in [0.29, 0.717) is 17.7 Å². The van der Waals surface area contributed by atoms with Gasteiger partial charge in [0.1, 0.15) is 0 Å². The fraction of sp³-hybridized carbons (Fsp3) is 0.556. The Kier molecular flexibility index (Phi) is 4.66. The van der Waals surface area contributed by atoms with Gasteiger partial charge in [-0.1, -0.05) is 6.07 Å². The molecule has 0 spiro atoms. The third-order valence-corrected chi connectivity index (χ3v) is 4.58. The van der Waals surface area contributed by atoms with E-state index in [1.165, 1.54) is 0 Å². The summed E-state index contributed by atoms with van der Waals surface area (Å²) in [5.74, 6) is 0.168. The van der Waals surface area contributed by atoms with Gasteiger partial charge in [-0.3, -0.25) is 9.59 Å². The molecule has 1 heterocycles. The Balaban J connectivity index is 1.70. The van der Waals surface area contributed by atoms with Gasteiger partial charge in [0.2, 0.25) is 5.91 Å². The minimum Gasteiger partial charge on any atom is -0.393 e. The van der Waals surface area contributed by atoms with Crippen LogP contribution >= 0.6 is 0 Å². The summed E-state index contributed by atoms with van der Waals surface area (Å²) in [5.41, 5.74) is 1.27. The second kappa shape index (κ2) is 6.71. The van der Waals surface area contributed by atoms with Crippen LogP contribution in [0.25, 0.3) is 0 Å². The number of amides is 2. The van der Waals surface area contributed by atoms with Gasteiger partial charge in [-0.15, -0.1) is 0 Å². The standard InChI is InChI=1S/C18H24N2O3/c1-12(21)10-16-6-3-9-20(16)18(23)14-4-2-5-15(11-14)19-17(22)13-7-8-13/h2,4-5,11-13,16,21H,3,6-10H2,1H3,(H,19,22). The maximum Gasteiger partial charge on any atom is 0.254 e. The molecule has 1 aliphatic carbocycles. The zero-order chi connectivity index (χ0) is 16.4. The number of benzene rings is 1. The maximum atomic E-state index is 12.8. The molecule has 1 aromatic rings. The Bertz CT molecular complexity index is 596. The number of likely N-dealkylation sites (tertiary alicyclic amines) is 1. The molecule has 2 unspecified atom stereocenters. The zero-order valence-corrected chi connectivity index (χ0v) is 13.5. The molecule has 2 N–H and O–H groups in total. The summed E-state index contributed by atoms with van der Waals surface area (Å²) in [6.45, 7) is 2.49. The number of nitrogens with zero attached hydrogens (tertiary/aromatic N) is 1. The fourth-order valence-electron chi connectivity index (χ4n) is 3.23. The molecule has 1 saturated heterocycles. The van der Waals surface area contributed by atoms with E-state index >= 15 is 0 Å². The van der Waals surface area contributed by atoms with E-state index in [0.717, 1.165) is 32.2 Å². The Morgan fingerprint density at radius 1 is 1.35 bits per heavy atom. The Hall–Kier alpha value is -1.88. The second-order valence-electron chi connectivity index (χ2n) is 6.72. The van der Waals surface area contributed by atoms with E-state index in [9.17, 15) is 14.7 Å². The van der Waals surface area contributed by atoms with Crippen LogP contribution in [0.1, 0.15) is 49.4 Å². The minimum absolute atomic E-state index is 0.0179. The number of anilines is 1. The summed E-state index contributed by atoms with van der Waals surface area (Å²) < 4.78 is 0. The molecule has 2 fully saturated rings. The Labute approximate surface area is 136 Å². The van der Waals surface area contributed by atoms with Gasteiger partial charge in [-0.25, -0.2) is 0 Å². The molecule has 2 atom stereocenters.